The third kappa shape index (κ3) is 3.73. The van der Waals surface area contributed by atoms with Gasteiger partial charge < -0.3 is 15.0 Å². The number of hydrogen-bond acceptors (Lipinski definition) is 3. The number of nitrogens with zero attached hydrogens (tertiary/aromatic N) is 1. The van der Waals surface area contributed by atoms with Crippen molar-refractivity contribution in [3.63, 3.8) is 0 Å². The van der Waals surface area contributed by atoms with E-state index in [2.05, 4.69) is 12.2 Å². The van der Waals surface area contributed by atoms with Crippen LogP contribution in [0.1, 0.15) is 18.9 Å². The smallest absolute Gasteiger partial charge is 0.260 e. The molecule has 2 rings (SSSR count). The lowest BCUT2D eigenvalue weighted by Gasteiger charge is -2.17. The van der Waals surface area contributed by atoms with Crippen LogP contribution >= 0.6 is 0 Å². The van der Waals surface area contributed by atoms with E-state index < -0.39 is 0 Å². The highest BCUT2D eigenvalue weighted by molar-refractivity contribution is 5.78. The topological polar surface area (TPSA) is 41.6 Å². The number of likely N-dealkylation sites (tertiary alicyclic amines) is 1. The molecule has 110 valence electrons. The van der Waals surface area contributed by atoms with Crippen LogP contribution in [0.15, 0.2) is 24.3 Å². The van der Waals surface area contributed by atoms with Crippen molar-refractivity contribution in [2.24, 2.45) is 5.92 Å². The van der Waals surface area contributed by atoms with Crippen molar-refractivity contribution in [2.75, 3.05) is 33.3 Å². The molecule has 1 aliphatic heterocycles. The van der Waals surface area contributed by atoms with Crippen molar-refractivity contribution in [3.05, 3.63) is 29.8 Å². The fourth-order valence-electron chi connectivity index (χ4n) is 2.68. The maximum Gasteiger partial charge on any atom is 0.260 e. The summed E-state index contributed by atoms with van der Waals surface area (Å²) in [5.41, 5.74) is 1.15. The van der Waals surface area contributed by atoms with Gasteiger partial charge in [0, 0.05) is 13.1 Å². The average molecular weight is 276 g/mol. The van der Waals surface area contributed by atoms with E-state index in [1.165, 1.54) is 0 Å². The molecule has 4 heteroatoms. The number of aryl methyl sites for hydroxylation is 1. The molecule has 1 aromatic rings. The van der Waals surface area contributed by atoms with Gasteiger partial charge in [0.25, 0.3) is 5.91 Å². The standard InChI is InChI=1S/C16H24N2O2/c1-3-14-6-4-5-7-15(14)20-12-16(19)18-9-8-13(11-18)10-17-2/h4-7,13,17H,3,8-12H2,1-2H3. The van der Waals surface area contributed by atoms with Crippen LogP contribution in [0.2, 0.25) is 0 Å². The first kappa shape index (κ1) is 14.9. The Kier molecular flexibility index (Phi) is 5.41. The highest BCUT2D eigenvalue weighted by Crippen LogP contribution is 2.19. The summed E-state index contributed by atoms with van der Waals surface area (Å²) in [6.45, 7) is 4.90. The predicted molar refractivity (Wildman–Crippen MR) is 79.9 cm³/mol. The number of hydrogen-bond donors (Lipinski definition) is 1. The van der Waals surface area contributed by atoms with Gasteiger partial charge in [0.15, 0.2) is 6.61 Å². The molecule has 0 aliphatic carbocycles. The Morgan fingerprint density at radius 1 is 1.45 bits per heavy atom. The minimum Gasteiger partial charge on any atom is -0.483 e. The number of carbonyl (C=O) groups is 1. The fraction of sp³-hybridized carbons (Fsp3) is 0.562. The number of nitrogens with one attached hydrogen (secondary N) is 1. The first-order valence-corrected chi connectivity index (χ1v) is 7.37. The van der Waals surface area contributed by atoms with Crippen molar-refractivity contribution >= 4 is 5.91 Å². The molecule has 4 nitrogen and oxygen atoms in total. The molecule has 1 N–H and O–H groups in total. The largest absolute Gasteiger partial charge is 0.483 e. The van der Waals surface area contributed by atoms with Gasteiger partial charge in [-0.3, -0.25) is 4.79 Å². The lowest BCUT2D eigenvalue weighted by molar-refractivity contribution is -0.132. The second-order valence-electron chi connectivity index (χ2n) is 5.30. The Hall–Kier alpha value is -1.55. The number of carbonyl (C=O) groups excluding carboxylic acids is 1. The van der Waals surface area contributed by atoms with Crippen LogP contribution in [-0.4, -0.2) is 44.1 Å². The average Bonchev–Trinajstić information content (AvgIpc) is 2.94. The summed E-state index contributed by atoms with van der Waals surface area (Å²) in [5, 5.41) is 3.17. The van der Waals surface area contributed by atoms with E-state index >= 15 is 0 Å². The Labute approximate surface area is 121 Å². The van der Waals surface area contributed by atoms with Crippen molar-refractivity contribution in [2.45, 2.75) is 19.8 Å². The lowest BCUT2D eigenvalue weighted by Crippen LogP contribution is -2.34. The Bertz CT molecular complexity index is 448. The molecule has 1 aromatic carbocycles. The van der Waals surface area contributed by atoms with E-state index in [0.717, 1.165) is 43.8 Å². The first-order chi connectivity index (χ1) is 9.74. The van der Waals surface area contributed by atoms with Gasteiger partial charge in [-0.05, 0) is 44.0 Å². The molecule has 1 unspecified atom stereocenters. The number of rotatable bonds is 6. The zero-order chi connectivity index (χ0) is 14.4. The molecule has 1 heterocycles. The van der Waals surface area contributed by atoms with Crippen LogP contribution in [0.25, 0.3) is 0 Å². The predicted octanol–water partition coefficient (Wildman–Crippen LogP) is 1.70. The van der Waals surface area contributed by atoms with Crippen LogP contribution in [0.5, 0.6) is 5.75 Å². The quantitative estimate of drug-likeness (QED) is 0.860. The molecule has 0 aromatic heterocycles. The van der Waals surface area contributed by atoms with E-state index in [1.807, 2.05) is 36.2 Å². The number of benzene rings is 1. The van der Waals surface area contributed by atoms with Crippen molar-refractivity contribution in [1.29, 1.82) is 0 Å². The Morgan fingerprint density at radius 2 is 2.25 bits per heavy atom. The van der Waals surface area contributed by atoms with Gasteiger partial charge in [-0.2, -0.15) is 0 Å². The molecule has 1 fully saturated rings. The first-order valence-electron chi connectivity index (χ1n) is 7.37. The van der Waals surface area contributed by atoms with Crippen LogP contribution in [0.3, 0.4) is 0 Å². The molecule has 0 bridgehead atoms. The van der Waals surface area contributed by atoms with Crippen molar-refractivity contribution < 1.29 is 9.53 Å². The third-order valence-electron chi connectivity index (χ3n) is 3.84. The maximum absolute atomic E-state index is 12.1. The Morgan fingerprint density at radius 3 is 3.00 bits per heavy atom. The summed E-state index contributed by atoms with van der Waals surface area (Å²) < 4.78 is 5.69. The van der Waals surface area contributed by atoms with Crippen LogP contribution < -0.4 is 10.1 Å². The highest BCUT2D eigenvalue weighted by atomic mass is 16.5. The second-order valence-corrected chi connectivity index (χ2v) is 5.30. The normalized spacial score (nSPS) is 18.3. The highest BCUT2D eigenvalue weighted by Gasteiger charge is 2.25. The molecule has 0 radical (unpaired) electrons. The van der Waals surface area contributed by atoms with E-state index in [-0.39, 0.29) is 12.5 Å². The summed E-state index contributed by atoms with van der Waals surface area (Å²) in [5.74, 6) is 1.50. The van der Waals surface area contributed by atoms with Crippen LogP contribution in [-0.2, 0) is 11.2 Å². The number of amides is 1. The van der Waals surface area contributed by atoms with E-state index in [1.54, 1.807) is 0 Å². The summed E-state index contributed by atoms with van der Waals surface area (Å²) in [6.07, 6.45) is 2.00. The SMILES string of the molecule is CCc1ccccc1OCC(=O)N1CCC(CNC)C1. The summed E-state index contributed by atoms with van der Waals surface area (Å²) in [4.78, 5) is 14.1. The molecular formula is C16H24N2O2. The van der Waals surface area contributed by atoms with Gasteiger partial charge in [-0.15, -0.1) is 0 Å². The maximum atomic E-state index is 12.1. The zero-order valence-electron chi connectivity index (χ0n) is 12.4. The molecule has 0 saturated carbocycles. The summed E-state index contributed by atoms with van der Waals surface area (Å²) in [7, 11) is 1.95. The van der Waals surface area contributed by atoms with Crippen LogP contribution in [0, 0.1) is 5.92 Å². The van der Waals surface area contributed by atoms with E-state index in [0.29, 0.717) is 5.92 Å². The van der Waals surface area contributed by atoms with E-state index in [4.69, 9.17) is 4.74 Å². The molecule has 0 spiro atoms. The molecule has 1 saturated heterocycles. The van der Waals surface area contributed by atoms with E-state index in [9.17, 15) is 4.79 Å². The van der Waals surface area contributed by atoms with Crippen LogP contribution in [0.4, 0.5) is 0 Å². The molecule has 20 heavy (non-hydrogen) atoms. The summed E-state index contributed by atoms with van der Waals surface area (Å²) >= 11 is 0. The lowest BCUT2D eigenvalue weighted by atomic mass is 10.1. The monoisotopic (exact) mass is 276 g/mol. The van der Waals surface area contributed by atoms with Gasteiger partial charge in [-0.1, -0.05) is 25.1 Å². The zero-order valence-corrected chi connectivity index (χ0v) is 12.4. The minimum absolute atomic E-state index is 0.0921. The number of ether oxygens (including phenoxy) is 1. The van der Waals surface area contributed by atoms with Gasteiger partial charge in [0.05, 0.1) is 0 Å². The van der Waals surface area contributed by atoms with Crippen molar-refractivity contribution in [1.82, 2.24) is 10.2 Å². The van der Waals surface area contributed by atoms with Gasteiger partial charge in [0.1, 0.15) is 5.75 Å². The van der Waals surface area contributed by atoms with Gasteiger partial charge >= 0.3 is 0 Å². The second kappa shape index (κ2) is 7.29. The number of para-hydroxylation sites is 1. The minimum atomic E-state index is 0.0921. The molecule has 1 aliphatic rings. The molecule has 1 amide bonds. The molecular weight excluding hydrogens is 252 g/mol. The molecule has 1 atom stereocenters. The Balaban J connectivity index is 1.83. The fourth-order valence-corrected chi connectivity index (χ4v) is 2.68. The summed E-state index contributed by atoms with van der Waals surface area (Å²) in [6, 6.07) is 7.91. The van der Waals surface area contributed by atoms with Gasteiger partial charge in [-0.25, -0.2) is 0 Å². The van der Waals surface area contributed by atoms with Gasteiger partial charge in [0.2, 0.25) is 0 Å². The van der Waals surface area contributed by atoms with Crippen molar-refractivity contribution in [3.8, 4) is 5.75 Å². The third-order valence-corrected chi connectivity index (χ3v) is 3.84.